The number of hydrazine groups is 1. The monoisotopic (exact) mass is 282 g/mol. The number of nitrogens with two attached hydrogens (primary N) is 1. The van der Waals surface area contributed by atoms with Gasteiger partial charge in [-0.05, 0) is 37.0 Å². The highest BCUT2D eigenvalue weighted by Gasteiger charge is 2.39. The molecule has 3 rings (SSSR count). The van der Waals surface area contributed by atoms with Gasteiger partial charge in [0, 0.05) is 19.7 Å². The van der Waals surface area contributed by atoms with Crippen molar-refractivity contribution in [1.82, 2.24) is 4.98 Å². The summed E-state index contributed by atoms with van der Waals surface area (Å²) in [6.45, 7) is 0.765. The molecule has 0 saturated heterocycles. The van der Waals surface area contributed by atoms with Crippen molar-refractivity contribution in [2.45, 2.75) is 25.7 Å². The molecule has 2 aliphatic carbocycles. The van der Waals surface area contributed by atoms with Crippen molar-refractivity contribution >= 4 is 11.6 Å². The van der Waals surface area contributed by atoms with Gasteiger partial charge in [-0.15, -0.1) is 0 Å². The van der Waals surface area contributed by atoms with Crippen LogP contribution < -0.4 is 16.2 Å². The molecule has 2 aliphatic rings. The third kappa shape index (κ3) is 2.32. The average Bonchev–Trinajstić information content (AvgIpc) is 3.01. The van der Waals surface area contributed by atoms with Crippen molar-refractivity contribution in [2.75, 3.05) is 23.9 Å². The van der Waals surface area contributed by atoms with Gasteiger partial charge < -0.3 is 10.3 Å². The van der Waals surface area contributed by atoms with Crippen molar-refractivity contribution in [3.05, 3.63) is 17.7 Å². The zero-order chi connectivity index (χ0) is 14.3. The number of halogens is 2. The predicted molar refractivity (Wildman–Crippen MR) is 74.2 cm³/mol. The summed E-state index contributed by atoms with van der Waals surface area (Å²) in [5, 5.41) is 0. The molecule has 20 heavy (non-hydrogen) atoms. The topological polar surface area (TPSA) is 54.2 Å². The van der Waals surface area contributed by atoms with Crippen LogP contribution in [0, 0.1) is 29.4 Å². The van der Waals surface area contributed by atoms with E-state index in [0.29, 0.717) is 5.92 Å². The Hall–Kier alpha value is -1.43. The summed E-state index contributed by atoms with van der Waals surface area (Å²) >= 11 is 0. The van der Waals surface area contributed by atoms with Crippen LogP contribution in [-0.4, -0.2) is 18.6 Å². The number of nitrogens with zero attached hydrogens (tertiary/aromatic N) is 2. The second-order valence-electron chi connectivity index (χ2n) is 6.08. The fourth-order valence-corrected chi connectivity index (χ4v) is 3.86. The number of aromatic nitrogens is 1. The van der Waals surface area contributed by atoms with Gasteiger partial charge in [-0.3, -0.25) is 0 Å². The van der Waals surface area contributed by atoms with Crippen molar-refractivity contribution in [1.29, 1.82) is 0 Å². The molecule has 110 valence electrons. The number of rotatable bonds is 4. The summed E-state index contributed by atoms with van der Waals surface area (Å²) in [5.41, 5.74) is 2.16. The van der Waals surface area contributed by atoms with Crippen molar-refractivity contribution < 1.29 is 8.78 Å². The Morgan fingerprint density at radius 1 is 1.35 bits per heavy atom. The fourth-order valence-electron chi connectivity index (χ4n) is 3.86. The van der Waals surface area contributed by atoms with E-state index in [9.17, 15) is 8.78 Å². The highest BCUT2D eigenvalue weighted by Crippen LogP contribution is 2.48. The maximum absolute atomic E-state index is 13.9. The molecule has 4 nitrogen and oxygen atoms in total. The number of hydrogen-bond acceptors (Lipinski definition) is 4. The number of pyridine rings is 1. The van der Waals surface area contributed by atoms with Gasteiger partial charge in [0.05, 0.1) is 0 Å². The van der Waals surface area contributed by atoms with Gasteiger partial charge in [-0.25, -0.2) is 19.6 Å². The summed E-state index contributed by atoms with van der Waals surface area (Å²) in [7, 11) is 1.80. The van der Waals surface area contributed by atoms with E-state index in [1.165, 1.54) is 25.7 Å². The lowest BCUT2D eigenvalue weighted by atomic mass is 9.88. The second-order valence-corrected chi connectivity index (χ2v) is 6.08. The van der Waals surface area contributed by atoms with Gasteiger partial charge in [-0.2, -0.15) is 0 Å². The minimum Gasteiger partial charge on any atom is -0.357 e. The van der Waals surface area contributed by atoms with Gasteiger partial charge >= 0.3 is 0 Å². The Morgan fingerprint density at radius 3 is 2.75 bits per heavy atom. The highest BCUT2D eigenvalue weighted by molar-refractivity contribution is 5.48. The van der Waals surface area contributed by atoms with Crippen LogP contribution in [0.15, 0.2) is 6.07 Å². The van der Waals surface area contributed by atoms with Crippen molar-refractivity contribution in [3.63, 3.8) is 0 Å². The average molecular weight is 282 g/mol. The number of anilines is 2. The van der Waals surface area contributed by atoms with Crippen LogP contribution in [0.1, 0.15) is 25.7 Å². The Bertz CT molecular complexity index is 508. The number of hydrogen-bond donors (Lipinski definition) is 2. The zero-order valence-corrected chi connectivity index (χ0v) is 11.6. The predicted octanol–water partition coefficient (Wildman–Crippen LogP) is 2.52. The molecule has 0 aliphatic heterocycles. The van der Waals surface area contributed by atoms with E-state index in [1.807, 2.05) is 0 Å². The van der Waals surface area contributed by atoms with Gasteiger partial charge in [0.2, 0.25) is 0 Å². The van der Waals surface area contributed by atoms with Crippen LogP contribution >= 0.6 is 0 Å². The molecule has 1 heterocycles. The van der Waals surface area contributed by atoms with Gasteiger partial charge in [-0.1, -0.05) is 6.42 Å². The Morgan fingerprint density at radius 2 is 2.15 bits per heavy atom. The lowest BCUT2D eigenvalue weighted by molar-refractivity contribution is 0.336. The molecule has 3 N–H and O–H groups in total. The summed E-state index contributed by atoms with van der Waals surface area (Å²) in [6.07, 6.45) is 5.17. The van der Waals surface area contributed by atoms with Crippen LogP contribution in [-0.2, 0) is 0 Å². The molecule has 1 aromatic heterocycles. The summed E-state index contributed by atoms with van der Waals surface area (Å²) in [4.78, 5) is 5.71. The highest BCUT2D eigenvalue weighted by atomic mass is 19.1. The molecular formula is C14H20F2N4. The first-order chi connectivity index (χ1) is 9.58. The summed E-state index contributed by atoms with van der Waals surface area (Å²) in [5.74, 6) is 6.01. The molecule has 0 radical (unpaired) electrons. The van der Waals surface area contributed by atoms with Gasteiger partial charge in [0.25, 0.3) is 0 Å². The quantitative estimate of drug-likeness (QED) is 0.658. The maximum Gasteiger partial charge on any atom is 0.178 e. The maximum atomic E-state index is 13.9. The largest absolute Gasteiger partial charge is 0.357 e. The molecule has 1 aromatic rings. The van der Waals surface area contributed by atoms with Gasteiger partial charge in [0.15, 0.2) is 23.3 Å². The smallest absolute Gasteiger partial charge is 0.178 e. The Balaban J connectivity index is 1.75. The summed E-state index contributed by atoms with van der Waals surface area (Å²) < 4.78 is 27.2. The van der Waals surface area contributed by atoms with E-state index in [0.717, 1.165) is 24.4 Å². The summed E-state index contributed by atoms with van der Waals surface area (Å²) in [6, 6.07) is 0.828. The minimum absolute atomic E-state index is 0.124. The minimum atomic E-state index is -0.776. The Kier molecular flexibility index (Phi) is 3.50. The van der Waals surface area contributed by atoms with E-state index < -0.39 is 11.6 Å². The molecule has 2 fully saturated rings. The number of nitrogen functional groups attached to an aromatic ring is 1. The molecule has 6 heteroatoms. The number of nitrogens with one attached hydrogen (secondary N) is 1. The van der Waals surface area contributed by atoms with Crippen LogP contribution in [0.4, 0.5) is 20.4 Å². The molecule has 0 amide bonds. The van der Waals surface area contributed by atoms with E-state index in [2.05, 4.69) is 10.4 Å². The molecule has 2 saturated carbocycles. The molecule has 3 unspecified atom stereocenters. The first-order valence-corrected chi connectivity index (χ1v) is 7.12. The lowest BCUT2D eigenvalue weighted by Crippen LogP contribution is -2.30. The van der Waals surface area contributed by atoms with E-state index in [1.54, 1.807) is 11.9 Å². The second kappa shape index (κ2) is 5.16. The molecule has 3 atom stereocenters. The normalized spacial score (nSPS) is 27.9. The molecule has 0 aromatic carbocycles. The third-order valence-corrected chi connectivity index (χ3v) is 4.80. The van der Waals surface area contributed by atoms with Gasteiger partial charge in [0.1, 0.15) is 0 Å². The molecule has 0 spiro atoms. The van der Waals surface area contributed by atoms with Crippen LogP contribution in [0.5, 0.6) is 0 Å². The van der Waals surface area contributed by atoms with E-state index >= 15 is 0 Å². The standard InChI is InChI=1S/C14H20F2N4/c1-20(7-10-5-8-2-3-9(10)4-8)14-12(16)6-11(15)13(18-14)19-17/h6,8-10H,2-5,7,17H2,1H3,(H,18,19). The first-order valence-electron chi connectivity index (χ1n) is 7.12. The number of fused-ring (bicyclic) bond motifs is 2. The zero-order valence-electron chi connectivity index (χ0n) is 11.6. The van der Waals surface area contributed by atoms with Crippen molar-refractivity contribution in [3.8, 4) is 0 Å². The van der Waals surface area contributed by atoms with E-state index in [-0.39, 0.29) is 11.6 Å². The lowest BCUT2D eigenvalue weighted by Gasteiger charge is -2.28. The van der Waals surface area contributed by atoms with Crippen LogP contribution in [0.3, 0.4) is 0 Å². The van der Waals surface area contributed by atoms with Crippen LogP contribution in [0.2, 0.25) is 0 Å². The van der Waals surface area contributed by atoms with E-state index in [4.69, 9.17) is 5.84 Å². The third-order valence-electron chi connectivity index (χ3n) is 4.80. The molecular weight excluding hydrogens is 262 g/mol. The fraction of sp³-hybridized carbons (Fsp3) is 0.643. The molecule has 2 bridgehead atoms. The SMILES string of the molecule is CN(CC1CC2CCC1C2)c1nc(NN)c(F)cc1F. The van der Waals surface area contributed by atoms with Crippen LogP contribution in [0.25, 0.3) is 0 Å². The van der Waals surface area contributed by atoms with Crippen molar-refractivity contribution in [2.24, 2.45) is 23.6 Å². The Labute approximate surface area is 117 Å². The first kappa shape index (κ1) is 13.5.